The van der Waals surface area contributed by atoms with Gasteiger partial charge in [-0.05, 0) is 75.7 Å². The van der Waals surface area contributed by atoms with Crippen LogP contribution in [0.3, 0.4) is 0 Å². The number of oxime groups is 1. The van der Waals surface area contributed by atoms with Gasteiger partial charge in [0, 0.05) is 17.0 Å². The fraction of sp³-hybridized carbons (Fsp3) is 0.444. The van der Waals surface area contributed by atoms with Crippen LogP contribution in [0.15, 0.2) is 46.1 Å². The number of benzene rings is 1. The molecule has 0 bridgehead atoms. The minimum Gasteiger partial charge on any atom is -0.493 e. The Balaban J connectivity index is 2.06. The van der Waals surface area contributed by atoms with Gasteiger partial charge in [0.2, 0.25) is 5.91 Å². The van der Waals surface area contributed by atoms with E-state index in [1.165, 1.54) is 11.3 Å². The standard InChI is InChI=1S/C27H33N3O6S/c1-15(2)35-20-13-17-16(12-19(20)34-6)9-10-30-22(24(31)36-26(3,4)5)18(14-29-33)27(23(17)30,25(28)32)21-8-7-11-37-21/h7-8,11-15,23,33H,9-10H2,1-6H3,(H2,28,32). The zero-order chi connectivity index (χ0) is 27.1. The fourth-order valence-corrected chi connectivity index (χ4v) is 6.23. The van der Waals surface area contributed by atoms with Crippen molar-refractivity contribution in [2.24, 2.45) is 10.9 Å². The number of esters is 1. The van der Waals surface area contributed by atoms with E-state index in [-0.39, 0.29) is 17.4 Å². The van der Waals surface area contributed by atoms with E-state index in [1.54, 1.807) is 33.9 Å². The lowest BCUT2D eigenvalue weighted by Crippen LogP contribution is -2.50. The maximum Gasteiger partial charge on any atom is 0.355 e. The molecule has 0 aliphatic carbocycles. The summed E-state index contributed by atoms with van der Waals surface area (Å²) in [4.78, 5) is 29.7. The van der Waals surface area contributed by atoms with E-state index < -0.39 is 28.9 Å². The molecular formula is C27H33N3O6S. The Morgan fingerprint density at radius 2 is 2.03 bits per heavy atom. The van der Waals surface area contributed by atoms with Crippen LogP contribution in [0, 0.1) is 0 Å². The summed E-state index contributed by atoms with van der Waals surface area (Å²) in [5.41, 5.74) is 5.98. The van der Waals surface area contributed by atoms with Crippen LogP contribution in [0.2, 0.25) is 0 Å². The van der Waals surface area contributed by atoms with Gasteiger partial charge >= 0.3 is 5.97 Å². The van der Waals surface area contributed by atoms with Gasteiger partial charge in [-0.25, -0.2) is 4.79 Å². The molecule has 37 heavy (non-hydrogen) atoms. The molecule has 4 rings (SSSR count). The second-order valence-electron chi connectivity index (χ2n) is 10.4. The molecule has 0 saturated heterocycles. The Hall–Kier alpha value is -3.53. The first kappa shape index (κ1) is 26.5. The maximum absolute atomic E-state index is 13.6. The normalized spacial score (nSPS) is 21.3. The number of thiophene rings is 1. The second kappa shape index (κ2) is 9.74. The summed E-state index contributed by atoms with van der Waals surface area (Å²) in [6, 6.07) is 6.69. The van der Waals surface area contributed by atoms with Crippen LogP contribution in [-0.2, 0) is 26.2 Å². The quantitative estimate of drug-likeness (QED) is 0.242. The molecule has 2 aliphatic heterocycles. The van der Waals surface area contributed by atoms with Crippen molar-refractivity contribution in [1.29, 1.82) is 0 Å². The molecule has 2 aliphatic rings. The molecule has 1 aromatic carbocycles. The largest absolute Gasteiger partial charge is 0.493 e. The molecule has 9 nitrogen and oxygen atoms in total. The summed E-state index contributed by atoms with van der Waals surface area (Å²) in [6.45, 7) is 9.54. The van der Waals surface area contributed by atoms with Gasteiger partial charge in [0.05, 0.1) is 25.5 Å². The number of methoxy groups -OCH3 is 1. The average Bonchev–Trinajstić information content (AvgIpc) is 3.42. The van der Waals surface area contributed by atoms with Gasteiger partial charge < -0.3 is 30.1 Å². The Kier molecular flexibility index (Phi) is 6.98. The molecule has 3 N–H and O–H groups in total. The fourth-order valence-electron chi connectivity index (χ4n) is 5.26. The highest BCUT2D eigenvalue weighted by molar-refractivity contribution is 7.10. The number of nitrogens with two attached hydrogens (primary N) is 1. The zero-order valence-electron chi connectivity index (χ0n) is 21.9. The number of hydrogen-bond donors (Lipinski definition) is 2. The first-order valence-corrected chi connectivity index (χ1v) is 13.0. The number of ether oxygens (including phenoxy) is 3. The minimum absolute atomic E-state index is 0.124. The number of carbonyl (C=O) groups is 2. The zero-order valence-corrected chi connectivity index (χ0v) is 22.7. The predicted octanol–water partition coefficient (Wildman–Crippen LogP) is 3.94. The molecular weight excluding hydrogens is 494 g/mol. The number of fused-ring (bicyclic) bond motifs is 3. The number of primary amides is 1. The topological polar surface area (TPSA) is 124 Å². The van der Waals surface area contributed by atoms with Crippen LogP contribution < -0.4 is 15.2 Å². The van der Waals surface area contributed by atoms with Gasteiger partial charge in [0.15, 0.2) is 11.5 Å². The molecule has 0 fully saturated rings. The summed E-state index contributed by atoms with van der Waals surface area (Å²) < 4.78 is 17.4. The van der Waals surface area contributed by atoms with E-state index in [1.807, 2.05) is 42.3 Å². The Labute approximate surface area is 220 Å². The third-order valence-corrected chi connectivity index (χ3v) is 7.48. The third-order valence-electron chi connectivity index (χ3n) is 6.47. The van der Waals surface area contributed by atoms with Gasteiger partial charge in [0.1, 0.15) is 16.7 Å². The van der Waals surface area contributed by atoms with Gasteiger partial charge in [-0.2, -0.15) is 0 Å². The lowest BCUT2D eigenvalue weighted by atomic mass is 9.69. The van der Waals surface area contributed by atoms with Gasteiger partial charge in [-0.1, -0.05) is 11.2 Å². The van der Waals surface area contributed by atoms with Crippen molar-refractivity contribution < 1.29 is 29.0 Å². The summed E-state index contributed by atoms with van der Waals surface area (Å²) in [6.07, 6.45) is 1.58. The number of rotatable bonds is 7. The monoisotopic (exact) mass is 527 g/mol. The van der Waals surface area contributed by atoms with E-state index in [0.717, 1.165) is 17.3 Å². The van der Waals surface area contributed by atoms with Crippen molar-refractivity contribution in [3.63, 3.8) is 0 Å². The molecule has 2 atom stereocenters. The van der Waals surface area contributed by atoms with Crippen LogP contribution in [-0.4, -0.2) is 53.6 Å². The Bertz CT molecular complexity index is 1260. The molecule has 2 unspecified atom stereocenters. The molecule has 0 radical (unpaired) electrons. The van der Waals surface area contributed by atoms with E-state index in [4.69, 9.17) is 19.9 Å². The van der Waals surface area contributed by atoms with Crippen LogP contribution in [0.5, 0.6) is 11.5 Å². The first-order valence-electron chi connectivity index (χ1n) is 12.1. The highest BCUT2D eigenvalue weighted by Crippen LogP contribution is 2.58. The molecule has 3 heterocycles. The predicted molar refractivity (Wildman–Crippen MR) is 140 cm³/mol. The number of amides is 1. The van der Waals surface area contributed by atoms with Gasteiger partial charge in [0.25, 0.3) is 0 Å². The summed E-state index contributed by atoms with van der Waals surface area (Å²) in [5, 5.41) is 14.8. The van der Waals surface area contributed by atoms with Gasteiger partial charge in [-0.15, -0.1) is 11.3 Å². The Morgan fingerprint density at radius 3 is 2.57 bits per heavy atom. The van der Waals surface area contributed by atoms with E-state index in [9.17, 15) is 14.8 Å². The number of nitrogens with zero attached hydrogens (tertiary/aromatic N) is 2. The van der Waals surface area contributed by atoms with Crippen molar-refractivity contribution in [1.82, 2.24) is 4.90 Å². The molecule has 1 amide bonds. The van der Waals surface area contributed by atoms with Crippen LogP contribution in [0.4, 0.5) is 0 Å². The summed E-state index contributed by atoms with van der Waals surface area (Å²) in [7, 11) is 1.58. The first-order chi connectivity index (χ1) is 17.4. The molecule has 2 aromatic rings. The van der Waals surface area contributed by atoms with E-state index in [0.29, 0.717) is 29.3 Å². The number of carbonyl (C=O) groups excluding carboxylic acids is 2. The lowest BCUT2D eigenvalue weighted by Gasteiger charge is -2.42. The minimum atomic E-state index is -1.52. The maximum atomic E-state index is 13.6. The molecule has 198 valence electrons. The van der Waals surface area contributed by atoms with Crippen molar-refractivity contribution in [2.45, 2.75) is 64.2 Å². The van der Waals surface area contributed by atoms with Crippen LogP contribution in [0.25, 0.3) is 0 Å². The summed E-state index contributed by atoms with van der Waals surface area (Å²) in [5.74, 6) is -0.195. The average molecular weight is 528 g/mol. The molecule has 10 heteroatoms. The van der Waals surface area contributed by atoms with E-state index in [2.05, 4.69) is 5.16 Å². The van der Waals surface area contributed by atoms with Crippen molar-refractivity contribution in [3.8, 4) is 11.5 Å². The van der Waals surface area contributed by atoms with Crippen LogP contribution >= 0.6 is 11.3 Å². The van der Waals surface area contributed by atoms with Gasteiger partial charge in [-0.3, -0.25) is 4.79 Å². The summed E-state index contributed by atoms with van der Waals surface area (Å²) >= 11 is 1.34. The van der Waals surface area contributed by atoms with E-state index >= 15 is 0 Å². The lowest BCUT2D eigenvalue weighted by molar-refractivity contribution is -0.152. The third kappa shape index (κ3) is 4.43. The number of hydrogen-bond acceptors (Lipinski definition) is 9. The van der Waals surface area contributed by atoms with Crippen molar-refractivity contribution in [2.75, 3.05) is 13.7 Å². The van der Waals surface area contributed by atoms with Crippen LogP contribution in [0.1, 0.15) is 56.7 Å². The second-order valence-corrected chi connectivity index (χ2v) is 11.3. The SMILES string of the molecule is COc1cc2c(cc1OC(C)C)C1N(CC2)C(C(=O)OC(C)(C)C)=C(C=NO)C1(C(N)=O)c1cccs1. The molecule has 0 spiro atoms. The molecule has 1 aromatic heterocycles. The van der Waals surface area contributed by atoms with Crippen molar-refractivity contribution >= 4 is 29.4 Å². The van der Waals surface area contributed by atoms with Crippen molar-refractivity contribution in [3.05, 3.63) is 56.9 Å². The Morgan fingerprint density at radius 1 is 1.30 bits per heavy atom. The highest BCUT2D eigenvalue weighted by atomic mass is 32.1. The highest BCUT2D eigenvalue weighted by Gasteiger charge is 2.61. The molecule has 0 saturated carbocycles. The smallest absolute Gasteiger partial charge is 0.355 e.